The van der Waals surface area contributed by atoms with Crippen molar-refractivity contribution in [2.45, 2.75) is 26.3 Å². The Morgan fingerprint density at radius 3 is 2.62 bits per heavy atom. The van der Waals surface area contributed by atoms with Crippen molar-refractivity contribution in [2.24, 2.45) is 11.6 Å². The molecule has 0 bridgehead atoms. The molecule has 0 saturated heterocycles. The summed E-state index contributed by atoms with van der Waals surface area (Å²) in [6, 6.07) is 0.0292. The van der Waals surface area contributed by atoms with E-state index in [2.05, 4.69) is 0 Å². The van der Waals surface area contributed by atoms with Gasteiger partial charge in [0.25, 0.3) is 0 Å². The van der Waals surface area contributed by atoms with Crippen molar-refractivity contribution < 1.29 is 5.11 Å². The Balaban J connectivity index is 2.84. The second-order valence-corrected chi connectivity index (χ2v) is 3.15. The highest BCUT2D eigenvalue weighted by Gasteiger charge is 2.30. The second kappa shape index (κ2) is 3.95. The molecule has 1 aliphatic rings. The van der Waals surface area contributed by atoms with Crippen LogP contribution >= 0.6 is 0 Å². The van der Waals surface area contributed by atoms with Crippen LogP contribution in [0.3, 0.4) is 0 Å². The average molecular weight is 186 g/mol. The predicted octanol–water partition coefficient (Wildman–Crippen LogP) is -0.646. The maximum absolute atomic E-state index is 8.85. The quantitative estimate of drug-likeness (QED) is 0.511. The Hall–Kier alpha value is -0.780. The van der Waals surface area contributed by atoms with E-state index in [0.29, 0.717) is 6.42 Å². The van der Waals surface area contributed by atoms with E-state index >= 15 is 0 Å². The standard InChI is InChI=1S/C8H18N4O/c1-3-11-7(4-5-13)8(9)6(2)12(11)10/h6,13H,3-5,9-10H2,1-2H3. The summed E-state index contributed by atoms with van der Waals surface area (Å²) in [7, 11) is 0. The highest BCUT2D eigenvalue weighted by atomic mass is 16.3. The Morgan fingerprint density at radius 1 is 1.54 bits per heavy atom. The van der Waals surface area contributed by atoms with Gasteiger partial charge in [0.15, 0.2) is 0 Å². The number of rotatable bonds is 3. The first-order valence-electron chi connectivity index (χ1n) is 4.54. The van der Waals surface area contributed by atoms with E-state index in [1.165, 1.54) is 0 Å². The van der Waals surface area contributed by atoms with Gasteiger partial charge in [0.1, 0.15) is 0 Å². The van der Waals surface area contributed by atoms with Crippen molar-refractivity contribution in [2.75, 3.05) is 13.2 Å². The first-order valence-corrected chi connectivity index (χ1v) is 4.54. The van der Waals surface area contributed by atoms with Gasteiger partial charge in [-0.3, -0.25) is 5.01 Å². The summed E-state index contributed by atoms with van der Waals surface area (Å²) in [5.74, 6) is 5.80. The van der Waals surface area contributed by atoms with Crippen LogP contribution in [0.4, 0.5) is 0 Å². The molecule has 1 heterocycles. The topological polar surface area (TPSA) is 78.8 Å². The molecule has 0 radical (unpaired) electrons. The maximum Gasteiger partial charge on any atom is 0.0832 e. The van der Waals surface area contributed by atoms with Gasteiger partial charge in [-0.2, -0.15) is 5.12 Å². The van der Waals surface area contributed by atoms with Crippen molar-refractivity contribution in [1.29, 1.82) is 0 Å². The van der Waals surface area contributed by atoms with Gasteiger partial charge >= 0.3 is 0 Å². The molecule has 0 aromatic carbocycles. The molecule has 0 aromatic heterocycles. The molecule has 0 amide bonds. The van der Waals surface area contributed by atoms with Crippen molar-refractivity contribution in [1.82, 2.24) is 10.1 Å². The Labute approximate surface area is 78.5 Å². The van der Waals surface area contributed by atoms with E-state index in [4.69, 9.17) is 16.7 Å². The molecule has 1 unspecified atom stereocenters. The molecule has 1 atom stereocenters. The summed E-state index contributed by atoms with van der Waals surface area (Å²) in [6.45, 7) is 4.83. The van der Waals surface area contributed by atoms with Crippen LogP contribution in [0.5, 0.6) is 0 Å². The van der Waals surface area contributed by atoms with Gasteiger partial charge in [0.05, 0.1) is 11.7 Å². The van der Waals surface area contributed by atoms with Gasteiger partial charge < -0.3 is 10.8 Å². The Morgan fingerprint density at radius 2 is 2.15 bits per heavy atom. The average Bonchev–Trinajstić information content (AvgIpc) is 2.32. The minimum atomic E-state index is 0.0292. The van der Waals surface area contributed by atoms with Crippen molar-refractivity contribution in [3.8, 4) is 0 Å². The third-order valence-electron chi connectivity index (χ3n) is 2.42. The summed E-state index contributed by atoms with van der Waals surface area (Å²) in [5.41, 5.74) is 7.58. The van der Waals surface area contributed by atoms with Gasteiger partial charge in [-0.15, -0.1) is 0 Å². The zero-order chi connectivity index (χ0) is 10.0. The molecule has 5 nitrogen and oxygen atoms in total. The molecule has 0 fully saturated rings. The number of hydrazine groups is 2. The lowest BCUT2D eigenvalue weighted by Crippen LogP contribution is -2.47. The number of nitrogens with zero attached hydrogens (tertiary/aromatic N) is 2. The maximum atomic E-state index is 8.85. The van der Waals surface area contributed by atoms with E-state index in [1.807, 2.05) is 18.9 Å². The van der Waals surface area contributed by atoms with E-state index in [1.54, 1.807) is 5.12 Å². The van der Waals surface area contributed by atoms with Crippen LogP contribution in [0, 0.1) is 0 Å². The Kier molecular flexibility index (Phi) is 3.13. The van der Waals surface area contributed by atoms with Crippen molar-refractivity contribution in [3.05, 3.63) is 11.4 Å². The zero-order valence-corrected chi connectivity index (χ0v) is 8.20. The first kappa shape index (κ1) is 10.3. The molecular weight excluding hydrogens is 168 g/mol. The zero-order valence-electron chi connectivity index (χ0n) is 8.20. The van der Waals surface area contributed by atoms with E-state index in [-0.39, 0.29) is 12.6 Å². The van der Waals surface area contributed by atoms with E-state index in [0.717, 1.165) is 17.9 Å². The monoisotopic (exact) mass is 186 g/mol. The smallest absolute Gasteiger partial charge is 0.0832 e. The second-order valence-electron chi connectivity index (χ2n) is 3.15. The fourth-order valence-corrected chi connectivity index (χ4v) is 1.61. The summed E-state index contributed by atoms with van der Waals surface area (Å²) in [6.07, 6.45) is 0.567. The minimum Gasteiger partial charge on any atom is -0.399 e. The van der Waals surface area contributed by atoms with E-state index < -0.39 is 0 Å². The Bertz CT molecular complexity index is 216. The summed E-state index contributed by atoms with van der Waals surface area (Å²) < 4.78 is 0. The summed E-state index contributed by atoms with van der Waals surface area (Å²) in [5, 5.41) is 12.4. The minimum absolute atomic E-state index is 0.0292. The molecule has 0 spiro atoms. The van der Waals surface area contributed by atoms with Crippen LogP contribution in [0.2, 0.25) is 0 Å². The first-order chi connectivity index (χ1) is 6.13. The molecule has 13 heavy (non-hydrogen) atoms. The molecule has 0 saturated carbocycles. The number of nitrogens with two attached hydrogens (primary N) is 2. The lowest BCUT2D eigenvalue weighted by Gasteiger charge is -2.29. The van der Waals surface area contributed by atoms with Crippen LogP contribution in [-0.4, -0.2) is 34.4 Å². The lowest BCUT2D eigenvalue weighted by atomic mass is 10.2. The van der Waals surface area contributed by atoms with Gasteiger partial charge in [0.2, 0.25) is 0 Å². The van der Waals surface area contributed by atoms with E-state index in [9.17, 15) is 0 Å². The SMILES string of the molecule is CCN1C(CCO)=C(N)C(C)N1N. The third kappa shape index (κ3) is 1.63. The predicted molar refractivity (Wildman–Crippen MR) is 50.8 cm³/mol. The highest BCUT2D eigenvalue weighted by Crippen LogP contribution is 2.24. The van der Waals surface area contributed by atoms with Crippen molar-refractivity contribution in [3.63, 3.8) is 0 Å². The van der Waals surface area contributed by atoms with Gasteiger partial charge in [0, 0.05) is 25.3 Å². The van der Waals surface area contributed by atoms with Crippen LogP contribution in [0.1, 0.15) is 20.3 Å². The number of hydrogen-bond donors (Lipinski definition) is 3. The molecule has 76 valence electrons. The number of aliphatic hydroxyl groups is 1. The highest BCUT2D eigenvalue weighted by molar-refractivity contribution is 5.19. The normalized spacial score (nSPS) is 24.6. The lowest BCUT2D eigenvalue weighted by molar-refractivity contribution is 0.00964. The van der Waals surface area contributed by atoms with Crippen LogP contribution in [0.15, 0.2) is 11.4 Å². The number of aliphatic hydroxyl groups excluding tert-OH is 1. The molecular formula is C8H18N4O. The summed E-state index contributed by atoms with van der Waals surface area (Å²) >= 11 is 0. The molecule has 1 aliphatic heterocycles. The van der Waals surface area contributed by atoms with Crippen LogP contribution < -0.4 is 11.6 Å². The van der Waals surface area contributed by atoms with Crippen LogP contribution in [-0.2, 0) is 0 Å². The molecule has 0 aromatic rings. The summed E-state index contributed by atoms with van der Waals surface area (Å²) in [4.78, 5) is 0. The van der Waals surface area contributed by atoms with Gasteiger partial charge in [-0.05, 0) is 13.8 Å². The fraction of sp³-hybridized carbons (Fsp3) is 0.750. The van der Waals surface area contributed by atoms with Gasteiger partial charge in [-0.1, -0.05) is 0 Å². The van der Waals surface area contributed by atoms with Crippen LogP contribution in [0.25, 0.3) is 0 Å². The molecule has 0 aliphatic carbocycles. The molecule has 5 N–H and O–H groups in total. The molecule has 1 rings (SSSR count). The molecule has 5 heteroatoms. The largest absolute Gasteiger partial charge is 0.399 e. The number of hydrogen-bond acceptors (Lipinski definition) is 5. The van der Waals surface area contributed by atoms with Gasteiger partial charge in [-0.25, -0.2) is 5.84 Å². The third-order valence-corrected chi connectivity index (χ3v) is 2.42. The van der Waals surface area contributed by atoms with Crippen molar-refractivity contribution >= 4 is 0 Å². The fourth-order valence-electron chi connectivity index (χ4n) is 1.61.